The molecule has 2 aliphatic rings. The maximum absolute atomic E-state index is 13.6. The van der Waals surface area contributed by atoms with Gasteiger partial charge in [0.15, 0.2) is 11.6 Å². The van der Waals surface area contributed by atoms with Crippen molar-refractivity contribution in [3.05, 3.63) is 29.6 Å². The standard InChI is InChI=1S/C14H14FN3O4/c1-2-16-11(19)10-6-14(12(20)17-13(21)18-14)8-5-7(15)3-4-9(8)22-10/h3-5,10H,2,6H2,1H3,(H,16,19)(H2,17,18,20,21)/t10-,14-/m0/s1. The molecule has 3 N–H and O–H groups in total. The highest BCUT2D eigenvalue weighted by Crippen LogP contribution is 2.41. The zero-order chi connectivity index (χ0) is 15.9. The maximum atomic E-state index is 13.6. The molecule has 4 amide bonds. The number of ether oxygens (including phenoxy) is 1. The van der Waals surface area contributed by atoms with Crippen molar-refractivity contribution in [2.75, 3.05) is 6.54 Å². The van der Waals surface area contributed by atoms with Gasteiger partial charge in [0.1, 0.15) is 11.6 Å². The maximum Gasteiger partial charge on any atom is 0.322 e. The summed E-state index contributed by atoms with van der Waals surface area (Å²) in [6, 6.07) is 2.96. The van der Waals surface area contributed by atoms with Crippen molar-refractivity contribution in [2.45, 2.75) is 25.0 Å². The summed E-state index contributed by atoms with van der Waals surface area (Å²) < 4.78 is 19.1. The summed E-state index contributed by atoms with van der Waals surface area (Å²) >= 11 is 0. The minimum absolute atomic E-state index is 0.104. The third-order valence-electron chi connectivity index (χ3n) is 3.75. The quantitative estimate of drug-likeness (QED) is 0.678. The van der Waals surface area contributed by atoms with E-state index < -0.39 is 35.3 Å². The van der Waals surface area contributed by atoms with Crippen LogP contribution in [0.25, 0.3) is 0 Å². The van der Waals surface area contributed by atoms with E-state index in [0.717, 1.165) is 6.07 Å². The Labute approximate surface area is 125 Å². The Bertz CT molecular complexity index is 678. The number of rotatable bonds is 2. The van der Waals surface area contributed by atoms with Gasteiger partial charge in [0.05, 0.1) is 0 Å². The number of carbonyl (C=O) groups is 3. The smallest absolute Gasteiger partial charge is 0.322 e. The first-order chi connectivity index (χ1) is 10.5. The van der Waals surface area contributed by atoms with Crippen LogP contribution in [0.5, 0.6) is 5.75 Å². The average molecular weight is 307 g/mol. The van der Waals surface area contributed by atoms with Crippen LogP contribution in [-0.2, 0) is 15.1 Å². The number of fused-ring (bicyclic) bond motifs is 2. The number of likely N-dealkylation sites (N-methyl/N-ethyl adjacent to an activating group) is 1. The monoisotopic (exact) mass is 307 g/mol. The van der Waals surface area contributed by atoms with Crippen molar-refractivity contribution in [1.82, 2.24) is 16.0 Å². The zero-order valence-electron chi connectivity index (χ0n) is 11.7. The van der Waals surface area contributed by atoms with E-state index in [1.807, 2.05) is 0 Å². The van der Waals surface area contributed by atoms with Gasteiger partial charge in [0.25, 0.3) is 11.8 Å². The van der Waals surface area contributed by atoms with E-state index in [2.05, 4.69) is 16.0 Å². The van der Waals surface area contributed by atoms with Gasteiger partial charge in [0.2, 0.25) is 0 Å². The lowest BCUT2D eigenvalue weighted by atomic mass is 9.81. The lowest BCUT2D eigenvalue weighted by Crippen LogP contribution is -2.54. The Morgan fingerprint density at radius 3 is 2.91 bits per heavy atom. The van der Waals surface area contributed by atoms with Gasteiger partial charge in [0, 0.05) is 18.5 Å². The molecule has 8 heteroatoms. The van der Waals surface area contributed by atoms with Crippen LogP contribution >= 0.6 is 0 Å². The van der Waals surface area contributed by atoms with Crippen LogP contribution in [0, 0.1) is 5.82 Å². The normalized spacial score (nSPS) is 26.0. The van der Waals surface area contributed by atoms with Crippen LogP contribution in [0.1, 0.15) is 18.9 Å². The van der Waals surface area contributed by atoms with Gasteiger partial charge in [-0.2, -0.15) is 0 Å². The van der Waals surface area contributed by atoms with Gasteiger partial charge in [-0.3, -0.25) is 14.9 Å². The Balaban J connectivity index is 2.08. The molecule has 116 valence electrons. The summed E-state index contributed by atoms with van der Waals surface area (Å²) in [7, 11) is 0. The number of hydrogen-bond acceptors (Lipinski definition) is 4. The van der Waals surface area contributed by atoms with E-state index in [0.29, 0.717) is 6.54 Å². The Kier molecular flexibility index (Phi) is 3.23. The first kappa shape index (κ1) is 14.3. The molecule has 0 unspecified atom stereocenters. The topological polar surface area (TPSA) is 96.5 Å². The van der Waals surface area contributed by atoms with E-state index >= 15 is 0 Å². The second kappa shape index (κ2) is 4.97. The molecule has 7 nitrogen and oxygen atoms in total. The predicted molar refractivity (Wildman–Crippen MR) is 72.5 cm³/mol. The Morgan fingerprint density at radius 2 is 2.27 bits per heavy atom. The number of carbonyl (C=O) groups excluding carboxylic acids is 3. The van der Waals surface area contributed by atoms with Gasteiger partial charge >= 0.3 is 6.03 Å². The minimum atomic E-state index is -1.50. The fraction of sp³-hybridized carbons (Fsp3) is 0.357. The first-order valence-corrected chi connectivity index (χ1v) is 6.84. The summed E-state index contributed by atoms with van der Waals surface area (Å²) in [4.78, 5) is 35.9. The Hall–Kier alpha value is -2.64. The van der Waals surface area contributed by atoms with Crippen molar-refractivity contribution in [2.24, 2.45) is 0 Å². The highest BCUT2D eigenvalue weighted by atomic mass is 19.1. The molecule has 22 heavy (non-hydrogen) atoms. The van der Waals surface area contributed by atoms with Crippen molar-refractivity contribution in [3.63, 3.8) is 0 Å². The summed E-state index contributed by atoms with van der Waals surface area (Å²) in [6.07, 6.45) is -1.06. The predicted octanol–water partition coefficient (Wildman–Crippen LogP) is 0.148. The number of hydrogen-bond donors (Lipinski definition) is 3. The third kappa shape index (κ3) is 2.07. The van der Waals surface area contributed by atoms with Crippen LogP contribution in [-0.4, -0.2) is 30.5 Å². The molecule has 1 saturated heterocycles. The van der Waals surface area contributed by atoms with E-state index in [-0.39, 0.29) is 17.7 Å². The summed E-state index contributed by atoms with van der Waals surface area (Å²) in [6.45, 7) is 2.16. The van der Waals surface area contributed by atoms with E-state index in [4.69, 9.17) is 4.74 Å². The number of halogens is 1. The molecule has 0 aliphatic carbocycles. The number of urea groups is 1. The lowest BCUT2D eigenvalue weighted by molar-refractivity contribution is -0.132. The molecule has 1 aromatic carbocycles. The van der Waals surface area contributed by atoms with Crippen molar-refractivity contribution in [1.29, 1.82) is 0 Å². The molecular weight excluding hydrogens is 293 g/mol. The zero-order valence-corrected chi connectivity index (χ0v) is 11.7. The Morgan fingerprint density at radius 1 is 1.50 bits per heavy atom. The molecule has 1 aromatic rings. The van der Waals surface area contributed by atoms with Gasteiger partial charge in [-0.1, -0.05) is 0 Å². The molecule has 0 saturated carbocycles. The van der Waals surface area contributed by atoms with Crippen LogP contribution in [0.3, 0.4) is 0 Å². The van der Waals surface area contributed by atoms with Crippen LogP contribution < -0.4 is 20.7 Å². The fourth-order valence-corrected chi connectivity index (χ4v) is 2.78. The number of imide groups is 1. The average Bonchev–Trinajstić information content (AvgIpc) is 2.74. The molecule has 1 fully saturated rings. The van der Waals surface area contributed by atoms with Crippen molar-refractivity contribution < 1.29 is 23.5 Å². The van der Waals surface area contributed by atoms with Crippen molar-refractivity contribution >= 4 is 17.8 Å². The summed E-state index contributed by atoms with van der Waals surface area (Å²) in [5.74, 6) is -1.39. The highest BCUT2D eigenvalue weighted by Gasteiger charge is 2.54. The van der Waals surface area contributed by atoms with Crippen LogP contribution in [0.15, 0.2) is 18.2 Å². The molecular formula is C14H14FN3O4. The molecule has 2 aliphatic heterocycles. The molecule has 2 atom stereocenters. The van der Waals surface area contributed by atoms with E-state index in [9.17, 15) is 18.8 Å². The first-order valence-electron chi connectivity index (χ1n) is 6.84. The molecule has 1 spiro atoms. The second-order valence-corrected chi connectivity index (χ2v) is 5.16. The molecule has 0 aromatic heterocycles. The highest BCUT2D eigenvalue weighted by molar-refractivity contribution is 6.08. The largest absolute Gasteiger partial charge is 0.480 e. The number of benzene rings is 1. The van der Waals surface area contributed by atoms with Crippen molar-refractivity contribution in [3.8, 4) is 5.75 Å². The molecule has 0 radical (unpaired) electrons. The van der Waals surface area contributed by atoms with Gasteiger partial charge < -0.3 is 15.4 Å². The van der Waals surface area contributed by atoms with Crippen LogP contribution in [0.4, 0.5) is 9.18 Å². The summed E-state index contributed by atoms with van der Waals surface area (Å²) in [5, 5.41) is 7.24. The molecule has 0 bridgehead atoms. The minimum Gasteiger partial charge on any atom is -0.480 e. The van der Waals surface area contributed by atoms with Gasteiger partial charge in [-0.25, -0.2) is 9.18 Å². The second-order valence-electron chi connectivity index (χ2n) is 5.16. The number of nitrogens with one attached hydrogen (secondary N) is 3. The molecule has 2 heterocycles. The number of amides is 4. The fourth-order valence-electron chi connectivity index (χ4n) is 2.78. The van der Waals surface area contributed by atoms with Crippen LogP contribution in [0.2, 0.25) is 0 Å². The third-order valence-corrected chi connectivity index (χ3v) is 3.75. The summed E-state index contributed by atoms with van der Waals surface area (Å²) in [5.41, 5.74) is -1.29. The van der Waals surface area contributed by atoms with E-state index in [1.54, 1.807) is 6.92 Å². The van der Waals surface area contributed by atoms with Gasteiger partial charge in [-0.15, -0.1) is 0 Å². The molecule has 3 rings (SSSR count). The van der Waals surface area contributed by atoms with Gasteiger partial charge in [-0.05, 0) is 25.1 Å². The lowest BCUT2D eigenvalue weighted by Gasteiger charge is -2.36. The SMILES string of the molecule is CCNC(=O)[C@@H]1C[C@]2(NC(=O)NC2=O)c2cc(F)ccc2O1. The van der Waals surface area contributed by atoms with E-state index in [1.165, 1.54) is 12.1 Å².